The van der Waals surface area contributed by atoms with Gasteiger partial charge in [0.15, 0.2) is 12.2 Å². The SMILES string of the molecule is COc1cc(Nc2ncc3ccc(-c4cnc(C)nc4)cc3n2)ccc1-c1cnco1. The summed E-state index contributed by atoms with van der Waals surface area (Å²) in [6.45, 7) is 1.86. The van der Waals surface area contributed by atoms with Gasteiger partial charge in [-0.2, -0.15) is 0 Å². The molecule has 2 aromatic carbocycles. The van der Waals surface area contributed by atoms with Crippen molar-refractivity contribution in [1.82, 2.24) is 24.9 Å². The van der Waals surface area contributed by atoms with Gasteiger partial charge in [-0.15, -0.1) is 0 Å². The molecule has 1 N–H and O–H groups in total. The number of fused-ring (bicyclic) bond motifs is 1. The quantitative estimate of drug-likeness (QED) is 0.441. The first-order chi connectivity index (χ1) is 15.2. The van der Waals surface area contributed by atoms with E-state index in [1.165, 1.54) is 6.39 Å². The minimum Gasteiger partial charge on any atom is -0.496 e. The number of hydrogen-bond donors (Lipinski definition) is 1. The summed E-state index contributed by atoms with van der Waals surface area (Å²) in [5, 5.41) is 4.18. The van der Waals surface area contributed by atoms with Crippen LogP contribution < -0.4 is 10.1 Å². The summed E-state index contributed by atoms with van der Waals surface area (Å²) in [5.74, 6) is 2.52. The standard InChI is InChI=1S/C23H18N6O2/c1-14-25-10-17(11-26-14)15-3-4-16-9-27-23(29-20(16)7-15)28-18-5-6-19(21(8-18)30-2)22-12-24-13-31-22/h3-13H,1-2H3,(H,27,28,29). The first-order valence-corrected chi connectivity index (χ1v) is 9.59. The number of methoxy groups -OCH3 is 1. The Hall–Kier alpha value is -4.33. The molecule has 0 radical (unpaired) electrons. The van der Waals surface area contributed by atoms with Gasteiger partial charge in [-0.1, -0.05) is 12.1 Å². The number of nitrogens with zero attached hydrogens (tertiary/aromatic N) is 5. The molecule has 0 amide bonds. The van der Waals surface area contributed by atoms with Gasteiger partial charge in [0.05, 0.1) is 24.4 Å². The summed E-state index contributed by atoms with van der Waals surface area (Å²) in [6, 6.07) is 11.7. The van der Waals surface area contributed by atoms with Crippen molar-refractivity contribution in [2.75, 3.05) is 12.4 Å². The lowest BCUT2D eigenvalue weighted by Gasteiger charge is -2.10. The summed E-state index contributed by atoms with van der Waals surface area (Å²) < 4.78 is 10.9. The van der Waals surface area contributed by atoms with Gasteiger partial charge in [0, 0.05) is 41.3 Å². The summed E-state index contributed by atoms with van der Waals surface area (Å²) in [5.41, 5.74) is 4.36. The zero-order valence-corrected chi connectivity index (χ0v) is 16.9. The third-order valence-corrected chi connectivity index (χ3v) is 4.85. The molecule has 8 nitrogen and oxygen atoms in total. The number of ether oxygens (including phenoxy) is 1. The number of anilines is 2. The molecule has 152 valence electrons. The molecule has 0 aliphatic heterocycles. The van der Waals surface area contributed by atoms with E-state index in [-0.39, 0.29) is 0 Å². The van der Waals surface area contributed by atoms with Gasteiger partial charge in [-0.05, 0) is 30.7 Å². The van der Waals surface area contributed by atoms with Gasteiger partial charge in [0.2, 0.25) is 5.95 Å². The Bertz CT molecular complexity index is 1350. The van der Waals surface area contributed by atoms with Gasteiger partial charge in [0.25, 0.3) is 0 Å². The Morgan fingerprint density at radius 3 is 2.55 bits per heavy atom. The number of aromatic nitrogens is 5. The average Bonchev–Trinajstić information content (AvgIpc) is 3.34. The van der Waals surface area contributed by atoms with Crippen molar-refractivity contribution in [3.63, 3.8) is 0 Å². The number of benzene rings is 2. The third-order valence-electron chi connectivity index (χ3n) is 4.85. The van der Waals surface area contributed by atoms with E-state index in [0.717, 1.165) is 39.1 Å². The Labute approximate surface area is 178 Å². The topological polar surface area (TPSA) is 98.8 Å². The maximum Gasteiger partial charge on any atom is 0.227 e. The molecule has 0 aliphatic carbocycles. The first-order valence-electron chi connectivity index (χ1n) is 9.59. The smallest absolute Gasteiger partial charge is 0.227 e. The van der Waals surface area contributed by atoms with E-state index >= 15 is 0 Å². The van der Waals surface area contributed by atoms with E-state index < -0.39 is 0 Å². The molecule has 0 spiro atoms. The number of oxazole rings is 1. The van der Waals surface area contributed by atoms with Gasteiger partial charge in [0.1, 0.15) is 11.6 Å². The first kappa shape index (κ1) is 18.7. The fourth-order valence-corrected chi connectivity index (χ4v) is 3.26. The molecule has 0 bridgehead atoms. The van der Waals surface area contributed by atoms with E-state index in [4.69, 9.17) is 9.15 Å². The summed E-state index contributed by atoms with van der Waals surface area (Å²) in [7, 11) is 1.61. The van der Waals surface area contributed by atoms with Crippen LogP contribution in [-0.4, -0.2) is 32.0 Å². The van der Waals surface area contributed by atoms with Crippen molar-refractivity contribution < 1.29 is 9.15 Å². The number of hydrogen-bond acceptors (Lipinski definition) is 8. The van der Waals surface area contributed by atoms with Crippen LogP contribution in [0.4, 0.5) is 11.6 Å². The normalized spacial score (nSPS) is 10.9. The van der Waals surface area contributed by atoms with Gasteiger partial charge < -0.3 is 14.5 Å². The fourth-order valence-electron chi connectivity index (χ4n) is 3.26. The number of rotatable bonds is 5. The summed E-state index contributed by atoms with van der Waals surface area (Å²) >= 11 is 0. The predicted octanol–water partition coefficient (Wildman–Crippen LogP) is 4.80. The minimum atomic E-state index is 0.485. The van der Waals surface area contributed by atoms with Crippen molar-refractivity contribution >= 4 is 22.5 Å². The highest BCUT2D eigenvalue weighted by Crippen LogP contribution is 2.33. The van der Waals surface area contributed by atoms with Crippen LogP contribution in [-0.2, 0) is 0 Å². The van der Waals surface area contributed by atoms with Crippen LogP contribution in [0.3, 0.4) is 0 Å². The van der Waals surface area contributed by atoms with Gasteiger partial charge >= 0.3 is 0 Å². The van der Waals surface area contributed by atoms with Crippen LogP contribution in [0.5, 0.6) is 5.75 Å². The van der Waals surface area contributed by atoms with E-state index in [1.807, 2.05) is 55.7 Å². The fraction of sp³-hybridized carbons (Fsp3) is 0.0870. The van der Waals surface area contributed by atoms with E-state index in [2.05, 4.69) is 30.2 Å². The van der Waals surface area contributed by atoms with Gasteiger partial charge in [-0.3, -0.25) is 0 Å². The molecule has 3 aromatic heterocycles. The molecule has 3 heterocycles. The lowest BCUT2D eigenvalue weighted by Crippen LogP contribution is -1.98. The molecule has 31 heavy (non-hydrogen) atoms. The molecule has 5 aromatic rings. The minimum absolute atomic E-state index is 0.485. The Morgan fingerprint density at radius 2 is 1.77 bits per heavy atom. The Kier molecular flexibility index (Phi) is 4.72. The van der Waals surface area contributed by atoms with Crippen LogP contribution in [0.2, 0.25) is 0 Å². The van der Waals surface area contributed by atoms with Crippen LogP contribution in [0.1, 0.15) is 5.82 Å². The highest BCUT2D eigenvalue weighted by atomic mass is 16.5. The third kappa shape index (κ3) is 3.78. The zero-order chi connectivity index (χ0) is 21.2. The molecule has 5 rings (SSSR count). The lowest BCUT2D eigenvalue weighted by molar-refractivity contribution is 0.415. The Morgan fingerprint density at radius 1 is 0.903 bits per heavy atom. The highest BCUT2D eigenvalue weighted by Gasteiger charge is 2.11. The molecule has 8 heteroatoms. The predicted molar refractivity (Wildman–Crippen MR) is 117 cm³/mol. The Balaban J connectivity index is 1.45. The maximum atomic E-state index is 5.51. The number of aryl methyl sites for hydroxylation is 1. The van der Waals surface area contributed by atoms with Crippen LogP contribution in [0, 0.1) is 6.92 Å². The average molecular weight is 410 g/mol. The number of nitrogens with one attached hydrogen (secondary N) is 1. The van der Waals surface area contributed by atoms with Gasteiger partial charge in [-0.25, -0.2) is 24.9 Å². The maximum absolute atomic E-state index is 5.51. The van der Waals surface area contributed by atoms with Crippen LogP contribution in [0.15, 0.2) is 72.0 Å². The summed E-state index contributed by atoms with van der Waals surface area (Å²) in [4.78, 5) is 21.6. The van der Waals surface area contributed by atoms with Crippen molar-refractivity contribution in [2.24, 2.45) is 0 Å². The second-order valence-electron chi connectivity index (χ2n) is 6.89. The molecule has 0 fully saturated rings. The largest absolute Gasteiger partial charge is 0.496 e. The molecular formula is C23H18N6O2. The van der Waals surface area contributed by atoms with Crippen molar-refractivity contribution in [1.29, 1.82) is 0 Å². The summed E-state index contributed by atoms with van der Waals surface area (Å²) in [6.07, 6.45) is 8.45. The van der Waals surface area contributed by atoms with Crippen LogP contribution >= 0.6 is 0 Å². The molecular weight excluding hydrogens is 392 g/mol. The molecule has 0 atom stereocenters. The van der Waals surface area contributed by atoms with Crippen LogP contribution in [0.25, 0.3) is 33.4 Å². The molecule has 0 saturated heterocycles. The highest BCUT2D eigenvalue weighted by molar-refractivity contribution is 5.84. The second kappa shape index (κ2) is 7.83. The molecule has 0 saturated carbocycles. The van der Waals surface area contributed by atoms with E-state index in [9.17, 15) is 0 Å². The second-order valence-corrected chi connectivity index (χ2v) is 6.89. The van der Waals surface area contributed by atoms with Crippen molar-refractivity contribution in [3.05, 3.63) is 73.4 Å². The van der Waals surface area contributed by atoms with E-state index in [0.29, 0.717) is 17.5 Å². The molecule has 0 aliphatic rings. The van der Waals surface area contributed by atoms with E-state index in [1.54, 1.807) is 19.5 Å². The zero-order valence-electron chi connectivity index (χ0n) is 16.9. The van der Waals surface area contributed by atoms with Crippen molar-refractivity contribution in [3.8, 4) is 28.2 Å². The molecule has 0 unspecified atom stereocenters. The lowest BCUT2D eigenvalue weighted by atomic mass is 10.1. The monoisotopic (exact) mass is 410 g/mol. The van der Waals surface area contributed by atoms with Crippen molar-refractivity contribution in [2.45, 2.75) is 6.92 Å².